The van der Waals surface area contributed by atoms with Gasteiger partial charge in [-0.15, -0.1) is 0 Å². The Hall–Kier alpha value is -3.57. The number of carbonyl (C=O) groups excluding carboxylic acids is 3. The number of aromatic nitrogens is 2. The van der Waals surface area contributed by atoms with Crippen LogP contribution < -0.4 is 11.1 Å². The van der Waals surface area contributed by atoms with E-state index in [-0.39, 0.29) is 24.2 Å². The maximum absolute atomic E-state index is 13.0. The molecule has 2 unspecified atom stereocenters. The Kier molecular flexibility index (Phi) is 10.2. The zero-order valence-corrected chi connectivity index (χ0v) is 17.9. The number of aromatic amines is 1. The topological polar surface area (TPSA) is 190 Å². The number of hydrogen-bond acceptors (Lipinski definition) is 6. The van der Waals surface area contributed by atoms with Crippen molar-refractivity contribution in [3.8, 4) is 0 Å². The molecule has 0 aliphatic carbocycles. The van der Waals surface area contributed by atoms with Crippen LogP contribution in [0, 0.1) is 5.92 Å². The Bertz CT molecular complexity index is 901. The first-order chi connectivity index (χ1) is 14.7. The molecule has 2 rings (SSSR count). The quantitative estimate of drug-likeness (QED) is 0.385. The van der Waals surface area contributed by atoms with E-state index in [1.807, 2.05) is 0 Å². The number of imidazole rings is 1. The largest absolute Gasteiger partial charge is 0.480 e. The second-order valence-electron chi connectivity index (χ2n) is 7.51. The van der Waals surface area contributed by atoms with Gasteiger partial charge in [-0.1, -0.05) is 32.0 Å². The number of nitrogens with two attached hydrogens (primary N) is 1. The smallest absolute Gasteiger partial charge is 0.326 e. The summed E-state index contributed by atoms with van der Waals surface area (Å²) in [6, 6.07) is 5.65. The van der Waals surface area contributed by atoms with E-state index < -0.39 is 42.3 Å². The number of carboxylic acids is 1. The van der Waals surface area contributed by atoms with Gasteiger partial charge in [0.1, 0.15) is 6.04 Å². The third-order valence-corrected chi connectivity index (χ3v) is 4.53. The number of benzene rings is 1. The molecule has 7 N–H and O–H groups in total. The van der Waals surface area contributed by atoms with E-state index >= 15 is 0 Å². The highest BCUT2D eigenvalue weighted by Gasteiger charge is 2.37. The van der Waals surface area contributed by atoms with Gasteiger partial charge in [0.05, 0.1) is 24.6 Å². The molecule has 2 atom stereocenters. The Balaban J connectivity index is 0.00000512. The molecule has 11 heteroatoms. The predicted octanol–water partition coefficient (Wildman–Crippen LogP) is -0.261. The molecule has 11 nitrogen and oxygen atoms in total. The normalized spacial score (nSPS) is 12.4. The summed E-state index contributed by atoms with van der Waals surface area (Å²) in [7, 11) is 0. The van der Waals surface area contributed by atoms with Crippen molar-refractivity contribution < 1.29 is 29.8 Å². The first-order valence-corrected chi connectivity index (χ1v) is 9.85. The van der Waals surface area contributed by atoms with E-state index in [4.69, 9.17) is 5.73 Å². The highest BCUT2D eigenvalue weighted by atomic mass is 16.4. The number of amides is 3. The third-order valence-electron chi connectivity index (χ3n) is 4.53. The lowest BCUT2D eigenvalue weighted by Gasteiger charge is -2.30. The molecule has 1 heterocycles. The van der Waals surface area contributed by atoms with Crippen LogP contribution in [-0.2, 0) is 20.8 Å². The van der Waals surface area contributed by atoms with Crippen molar-refractivity contribution in [2.24, 2.45) is 11.7 Å². The highest BCUT2D eigenvalue weighted by molar-refractivity contribution is 6.04. The molecule has 1 aromatic carbocycles. The van der Waals surface area contributed by atoms with Crippen LogP contribution in [0.15, 0.2) is 42.9 Å². The second-order valence-corrected chi connectivity index (χ2v) is 7.51. The summed E-state index contributed by atoms with van der Waals surface area (Å²) in [6.07, 6.45) is 3.06. The third kappa shape index (κ3) is 7.29. The maximum Gasteiger partial charge on any atom is 0.326 e. The van der Waals surface area contributed by atoms with Crippen LogP contribution in [0.25, 0.3) is 0 Å². The highest BCUT2D eigenvalue weighted by Crippen LogP contribution is 2.15. The van der Waals surface area contributed by atoms with Crippen molar-refractivity contribution in [2.75, 3.05) is 6.54 Å². The molecule has 1 aromatic heterocycles. The molecule has 0 spiro atoms. The zero-order chi connectivity index (χ0) is 23.0. The van der Waals surface area contributed by atoms with Gasteiger partial charge in [0, 0.05) is 18.2 Å². The minimum atomic E-state index is -1.40. The molecule has 32 heavy (non-hydrogen) atoms. The van der Waals surface area contributed by atoms with E-state index in [9.17, 15) is 24.3 Å². The fourth-order valence-corrected chi connectivity index (χ4v) is 3.04. The van der Waals surface area contributed by atoms with E-state index in [0.717, 1.165) is 0 Å². The lowest BCUT2D eigenvalue weighted by atomic mass is 10.0. The second kappa shape index (κ2) is 12.3. The molecule has 0 fully saturated rings. The Morgan fingerprint density at radius 2 is 1.84 bits per heavy atom. The molecular formula is C21H29N5O6. The minimum Gasteiger partial charge on any atom is -0.480 e. The monoisotopic (exact) mass is 447 g/mol. The van der Waals surface area contributed by atoms with E-state index in [1.165, 1.54) is 6.33 Å². The molecule has 0 bridgehead atoms. The lowest BCUT2D eigenvalue weighted by molar-refractivity contribution is -0.159. The molecule has 3 amide bonds. The summed E-state index contributed by atoms with van der Waals surface area (Å²) < 4.78 is 0. The van der Waals surface area contributed by atoms with Crippen molar-refractivity contribution in [3.63, 3.8) is 0 Å². The zero-order valence-electron chi connectivity index (χ0n) is 17.9. The number of aliphatic carboxylic acids is 1. The van der Waals surface area contributed by atoms with Gasteiger partial charge in [-0.25, -0.2) is 9.78 Å². The van der Waals surface area contributed by atoms with E-state index in [0.29, 0.717) is 16.2 Å². The summed E-state index contributed by atoms with van der Waals surface area (Å²) in [4.78, 5) is 57.5. The summed E-state index contributed by atoms with van der Waals surface area (Å²) in [5, 5.41) is 12.1. The molecule has 2 aromatic rings. The van der Waals surface area contributed by atoms with Crippen molar-refractivity contribution in [3.05, 3.63) is 54.1 Å². The molecular weight excluding hydrogens is 418 g/mol. The lowest BCUT2D eigenvalue weighted by Crippen LogP contribution is -2.57. The Morgan fingerprint density at radius 1 is 1.19 bits per heavy atom. The van der Waals surface area contributed by atoms with Crippen LogP contribution in [-0.4, -0.2) is 67.8 Å². The van der Waals surface area contributed by atoms with Crippen LogP contribution >= 0.6 is 0 Å². The standard InChI is InChI=1S/C21H27N5O5.H2O/c1-13(2)8-17(21(30)31)26(20(29)16(22)9-15-10-23-12-25-15)18(27)11-24-19(28)14-6-4-3-5-7-14;/h3-7,10,12-13,16-17H,8-9,11,22H2,1-2H3,(H,23,25)(H,24,28)(H,30,31);1H2. The summed E-state index contributed by atoms with van der Waals surface area (Å²) in [6.45, 7) is 3.02. The van der Waals surface area contributed by atoms with Crippen LogP contribution in [0.5, 0.6) is 0 Å². The van der Waals surface area contributed by atoms with E-state index in [1.54, 1.807) is 50.4 Å². The molecule has 0 radical (unpaired) electrons. The first-order valence-electron chi connectivity index (χ1n) is 9.85. The van der Waals surface area contributed by atoms with Gasteiger partial charge in [0.15, 0.2) is 0 Å². The van der Waals surface area contributed by atoms with Crippen molar-refractivity contribution in [1.29, 1.82) is 0 Å². The number of imide groups is 1. The Labute approximate surface area is 185 Å². The van der Waals surface area contributed by atoms with Crippen LogP contribution in [0.4, 0.5) is 0 Å². The van der Waals surface area contributed by atoms with Crippen LogP contribution in [0.2, 0.25) is 0 Å². The number of nitrogens with one attached hydrogen (secondary N) is 2. The summed E-state index contributed by atoms with van der Waals surface area (Å²) in [5.41, 5.74) is 6.82. The van der Waals surface area contributed by atoms with Gasteiger partial charge in [0.2, 0.25) is 11.8 Å². The molecule has 174 valence electrons. The number of rotatable bonds is 10. The van der Waals surface area contributed by atoms with Crippen molar-refractivity contribution in [2.45, 2.75) is 38.8 Å². The number of carboxylic acid groups (broad SMARTS) is 1. The molecule has 0 aliphatic rings. The van der Waals surface area contributed by atoms with Crippen LogP contribution in [0.1, 0.15) is 36.3 Å². The number of carbonyl (C=O) groups is 4. The SMILES string of the molecule is CC(C)CC(C(=O)O)N(C(=O)CNC(=O)c1ccccc1)C(=O)C(N)Cc1c[nH]cn1.O. The van der Waals surface area contributed by atoms with E-state index in [2.05, 4.69) is 15.3 Å². The van der Waals surface area contributed by atoms with Crippen molar-refractivity contribution in [1.82, 2.24) is 20.2 Å². The van der Waals surface area contributed by atoms with Gasteiger partial charge in [-0.05, 0) is 24.5 Å². The van der Waals surface area contributed by atoms with Gasteiger partial charge in [-0.3, -0.25) is 19.3 Å². The van der Waals surface area contributed by atoms with Gasteiger partial charge < -0.3 is 26.6 Å². The molecule has 0 saturated carbocycles. The number of nitrogens with zero attached hydrogens (tertiary/aromatic N) is 2. The maximum atomic E-state index is 13.0. The first kappa shape index (κ1) is 26.5. The summed E-state index contributed by atoms with van der Waals surface area (Å²) in [5.74, 6) is -3.63. The fraction of sp³-hybridized carbons (Fsp3) is 0.381. The molecule has 0 saturated heterocycles. The van der Waals surface area contributed by atoms with Gasteiger partial charge in [0.25, 0.3) is 5.91 Å². The van der Waals surface area contributed by atoms with Gasteiger partial charge >= 0.3 is 5.97 Å². The van der Waals surface area contributed by atoms with Gasteiger partial charge in [-0.2, -0.15) is 0 Å². The number of H-pyrrole nitrogens is 1. The fourth-order valence-electron chi connectivity index (χ4n) is 3.04. The average Bonchev–Trinajstić information content (AvgIpc) is 3.24. The number of hydrogen-bond donors (Lipinski definition) is 4. The van der Waals surface area contributed by atoms with Crippen LogP contribution in [0.3, 0.4) is 0 Å². The minimum absolute atomic E-state index is 0. The van der Waals surface area contributed by atoms with Crippen molar-refractivity contribution >= 4 is 23.7 Å². The Morgan fingerprint density at radius 3 is 2.38 bits per heavy atom. The molecule has 0 aliphatic heterocycles. The average molecular weight is 447 g/mol. The summed E-state index contributed by atoms with van der Waals surface area (Å²) >= 11 is 0. The predicted molar refractivity (Wildman–Crippen MR) is 115 cm³/mol.